The van der Waals surface area contributed by atoms with Crippen LogP contribution in [0.25, 0.3) is 5.65 Å². The van der Waals surface area contributed by atoms with E-state index in [-0.39, 0.29) is 5.56 Å². The molecule has 1 saturated heterocycles. The normalized spacial score (nSPS) is 30.1. The van der Waals surface area contributed by atoms with Crippen LogP contribution < -0.4 is 5.73 Å². The first-order chi connectivity index (χ1) is 9.54. The van der Waals surface area contributed by atoms with Crippen molar-refractivity contribution in [3.8, 4) is 0 Å². The number of ether oxygens (including phenoxy) is 1. The van der Waals surface area contributed by atoms with Gasteiger partial charge < -0.3 is 30.4 Å². The summed E-state index contributed by atoms with van der Waals surface area (Å²) in [6.45, 7) is -0.422. The summed E-state index contributed by atoms with van der Waals surface area (Å²) in [7, 11) is 0. The van der Waals surface area contributed by atoms with Gasteiger partial charge in [-0.1, -0.05) is 0 Å². The van der Waals surface area contributed by atoms with E-state index in [1.807, 2.05) is 0 Å². The standard InChI is InChI=1S/C11H14N4O5/c12-9(19)5-3-13-15-2-1-14(10(5)15)11-8(18)7(17)6(4-16)20-11/h1-3,6-8,11,16-18H,4H2,(H2,12,19)/t6-,7+,8-,11-/m0/s1. The fourth-order valence-corrected chi connectivity index (χ4v) is 2.42. The molecule has 20 heavy (non-hydrogen) atoms. The van der Waals surface area contributed by atoms with Crippen LogP contribution in [-0.2, 0) is 4.74 Å². The summed E-state index contributed by atoms with van der Waals surface area (Å²) in [5.74, 6) is -0.660. The Morgan fingerprint density at radius 1 is 1.40 bits per heavy atom. The number of fused-ring (bicyclic) bond motifs is 1. The van der Waals surface area contributed by atoms with Crippen LogP contribution in [0.15, 0.2) is 18.6 Å². The number of amides is 1. The van der Waals surface area contributed by atoms with Gasteiger partial charge in [0, 0.05) is 12.4 Å². The summed E-state index contributed by atoms with van der Waals surface area (Å²) < 4.78 is 8.28. The molecule has 2 aromatic heterocycles. The van der Waals surface area contributed by atoms with Gasteiger partial charge in [0.15, 0.2) is 11.9 Å². The van der Waals surface area contributed by atoms with Gasteiger partial charge in [-0.2, -0.15) is 5.10 Å². The topological polar surface area (TPSA) is 135 Å². The largest absolute Gasteiger partial charge is 0.394 e. The molecule has 1 aliphatic heterocycles. The van der Waals surface area contributed by atoms with Crippen LogP contribution >= 0.6 is 0 Å². The second-order valence-electron chi connectivity index (χ2n) is 4.62. The third-order valence-corrected chi connectivity index (χ3v) is 3.44. The number of aliphatic hydroxyl groups excluding tert-OH is 3. The number of rotatable bonds is 3. The summed E-state index contributed by atoms with van der Waals surface area (Å²) >= 11 is 0. The minimum absolute atomic E-state index is 0.174. The minimum atomic E-state index is -1.24. The molecule has 1 fully saturated rings. The molecule has 0 bridgehead atoms. The van der Waals surface area contributed by atoms with Crippen LogP contribution in [0.4, 0.5) is 0 Å². The number of hydrogen-bond donors (Lipinski definition) is 4. The van der Waals surface area contributed by atoms with Crippen molar-refractivity contribution in [1.82, 2.24) is 14.2 Å². The zero-order chi connectivity index (χ0) is 14.4. The molecule has 9 heteroatoms. The highest BCUT2D eigenvalue weighted by molar-refractivity contribution is 5.98. The zero-order valence-electron chi connectivity index (χ0n) is 10.3. The van der Waals surface area contributed by atoms with Crippen molar-refractivity contribution in [3.05, 3.63) is 24.2 Å². The Morgan fingerprint density at radius 3 is 2.75 bits per heavy atom. The predicted octanol–water partition coefficient (Wildman–Crippen LogP) is -2.15. The molecule has 0 saturated carbocycles. The highest BCUT2D eigenvalue weighted by Crippen LogP contribution is 2.31. The summed E-state index contributed by atoms with van der Waals surface area (Å²) in [5.41, 5.74) is 5.80. The maximum Gasteiger partial charge on any atom is 0.254 e. The van der Waals surface area contributed by atoms with Crippen LogP contribution in [-0.4, -0.2) is 60.3 Å². The van der Waals surface area contributed by atoms with Gasteiger partial charge in [0.1, 0.15) is 23.9 Å². The van der Waals surface area contributed by atoms with Gasteiger partial charge in [0.25, 0.3) is 5.91 Å². The first-order valence-corrected chi connectivity index (χ1v) is 6.01. The molecule has 2 aromatic rings. The highest BCUT2D eigenvalue weighted by Gasteiger charge is 2.44. The Bertz CT molecular complexity index is 650. The number of carbonyl (C=O) groups excluding carboxylic acids is 1. The van der Waals surface area contributed by atoms with E-state index in [9.17, 15) is 15.0 Å². The lowest BCUT2D eigenvalue weighted by Crippen LogP contribution is -2.33. The number of nitrogens with zero attached hydrogens (tertiary/aromatic N) is 3. The lowest BCUT2D eigenvalue weighted by atomic mass is 10.1. The van der Waals surface area contributed by atoms with Gasteiger partial charge in [0.2, 0.25) is 0 Å². The van der Waals surface area contributed by atoms with Crippen LogP contribution in [0.1, 0.15) is 16.6 Å². The summed E-state index contributed by atoms with van der Waals surface area (Å²) in [4.78, 5) is 11.4. The van der Waals surface area contributed by atoms with Crippen molar-refractivity contribution < 1.29 is 24.9 Å². The van der Waals surface area contributed by atoms with E-state index < -0.39 is 37.1 Å². The Labute approximate surface area is 112 Å². The molecule has 0 aliphatic carbocycles. The van der Waals surface area contributed by atoms with E-state index in [4.69, 9.17) is 15.6 Å². The molecule has 1 amide bonds. The van der Waals surface area contributed by atoms with E-state index in [1.165, 1.54) is 15.3 Å². The van der Waals surface area contributed by atoms with Crippen molar-refractivity contribution >= 4 is 11.6 Å². The molecular formula is C11H14N4O5. The molecule has 1 aliphatic rings. The predicted molar refractivity (Wildman–Crippen MR) is 64.7 cm³/mol. The molecule has 108 valence electrons. The first-order valence-electron chi connectivity index (χ1n) is 6.01. The first kappa shape index (κ1) is 13.1. The Balaban J connectivity index is 2.06. The quantitative estimate of drug-likeness (QED) is 0.506. The fourth-order valence-electron chi connectivity index (χ4n) is 2.42. The molecule has 0 spiro atoms. The van der Waals surface area contributed by atoms with Gasteiger partial charge in [-0.15, -0.1) is 0 Å². The highest BCUT2D eigenvalue weighted by atomic mass is 16.6. The number of nitrogens with two attached hydrogens (primary N) is 1. The summed E-state index contributed by atoms with van der Waals surface area (Å²) in [5, 5.41) is 32.8. The van der Waals surface area contributed by atoms with Crippen molar-refractivity contribution in [2.24, 2.45) is 5.73 Å². The van der Waals surface area contributed by atoms with Crippen LogP contribution in [0, 0.1) is 0 Å². The van der Waals surface area contributed by atoms with E-state index in [1.54, 1.807) is 12.4 Å². The number of aliphatic hydroxyl groups is 3. The van der Waals surface area contributed by atoms with Crippen LogP contribution in [0.2, 0.25) is 0 Å². The molecule has 3 heterocycles. The van der Waals surface area contributed by atoms with Crippen molar-refractivity contribution in [3.63, 3.8) is 0 Å². The SMILES string of the molecule is NC(=O)c1cnn2ccn([C@H]3O[C@@H](CO)[C@@H](O)[C@@H]3O)c12. The third-order valence-electron chi connectivity index (χ3n) is 3.44. The maximum absolute atomic E-state index is 11.4. The average molecular weight is 282 g/mol. The van der Waals surface area contributed by atoms with Crippen molar-refractivity contribution in [2.45, 2.75) is 24.5 Å². The smallest absolute Gasteiger partial charge is 0.254 e. The summed E-state index contributed by atoms with van der Waals surface area (Å²) in [6.07, 6.45) is 0.152. The third kappa shape index (κ3) is 1.72. The van der Waals surface area contributed by atoms with E-state index in [0.717, 1.165) is 0 Å². The van der Waals surface area contributed by atoms with E-state index in [2.05, 4.69) is 5.10 Å². The molecule has 0 radical (unpaired) electrons. The number of imidazole rings is 1. The van der Waals surface area contributed by atoms with Crippen LogP contribution in [0.5, 0.6) is 0 Å². The Morgan fingerprint density at radius 2 is 2.15 bits per heavy atom. The molecule has 5 N–H and O–H groups in total. The molecule has 0 unspecified atom stereocenters. The average Bonchev–Trinajstić information content (AvgIpc) is 3.06. The lowest BCUT2D eigenvalue weighted by molar-refractivity contribution is -0.0508. The van der Waals surface area contributed by atoms with Gasteiger partial charge in [-0.05, 0) is 0 Å². The second kappa shape index (κ2) is 4.56. The van der Waals surface area contributed by atoms with E-state index >= 15 is 0 Å². The maximum atomic E-state index is 11.4. The fraction of sp³-hybridized carbons (Fsp3) is 0.455. The van der Waals surface area contributed by atoms with E-state index in [0.29, 0.717) is 5.65 Å². The van der Waals surface area contributed by atoms with Gasteiger partial charge in [-0.3, -0.25) is 4.79 Å². The van der Waals surface area contributed by atoms with Crippen molar-refractivity contribution in [1.29, 1.82) is 0 Å². The van der Waals surface area contributed by atoms with Gasteiger partial charge >= 0.3 is 0 Å². The molecular weight excluding hydrogens is 268 g/mol. The Hall–Kier alpha value is -1.94. The lowest BCUT2D eigenvalue weighted by Gasteiger charge is -2.17. The molecule has 0 aromatic carbocycles. The second-order valence-corrected chi connectivity index (χ2v) is 4.62. The number of carbonyl (C=O) groups is 1. The van der Waals surface area contributed by atoms with Crippen LogP contribution in [0.3, 0.4) is 0 Å². The molecule has 9 nitrogen and oxygen atoms in total. The van der Waals surface area contributed by atoms with Gasteiger partial charge in [0.05, 0.1) is 12.8 Å². The molecule has 4 atom stereocenters. The van der Waals surface area contributed by atoms with Crippen molar-refractivity contribution in [2.75, 3.05) is 6.61 Å². The number of primary amides is 1. The minimum Gasteiger partial charge on any atom is -0.394 e. The number of aromatic nitrogens is 3. The molecule has 3 rings (SSSR count). The number of hydrogen-bond acceptors (Lipinski definition) is 6. The zero-order valence-corrected chi connectivity index (χ0v) is 10.3. The van der Waals surface area contributed by atoms with Gasteiger partial charge in [-0.25, -0.2) is 4.52 Å². The monoisotopic (exact) mass is 282 g/mol. The Kier molecular flexibility index (Phi) is 2.98. The summed E-state index contributed by atoms with van der Waals surface area (Å²) in [6, 6.07) is 0.